The Hall–Kier alpha value is -0.650. The number of methoxy groups -OCH3 is 2. The molecule has 2 N–H and O–H groups in total. The lowest BCUT2D eigenvalue weighted by Crippen LogP contribution is -2.50. The molecule has 5 heteroatoms. The molecule has 0 saturated carbocycles. The van der Waals surface area contributed by atoms with Crippen molar-refractivity contribution >= 4 is 5.97 Å². The van der Waals surface area contributed by atoms with Gasteiger partial charge < -0.3 is 20.1 Å². The summed E-state index contributed by atoms with van der Waals surface area (Å²) >= 11 is 0. The van der Waals surface area contributed by atoms with Gasteiger partial charge in [-0.3, -0.25) is 4.79 Å². The van der Waals surface area contributed by atoms with Crippen LogP contribution in [0.4, 0.5) is 0 Å². The summed E-state index contributed by atoms with van der Waals surface area (Å²) in [4.78, 5) is 13.9. The fourth-order valence-electron chi connectivity index (χ4n) is 2.43. The quantitative estimate of drug-likeness (QED) is 0.738. The smallest absolute Gasteiger partial charge is 0.325 e. The minimum Gasteiger partial charge on any atom is -0.468 e. The molecule has 106 valence electrons. The van der Waals surface area contributed by atoms with Crippen molar-refractivity contribution in [1.29, 1.82) is 0 Å². The maximum atomic E-state index is 11.5. The van der Waals surface area contributed by atoms with Gasteiger partial charge in [0.1, 0.15) is 5.54 Å². The molecule has 5 nitrogen and oxygen atoms in total. The number of esters is 1. The van der Waals surface area contributed by atoms with E-state index < -0.39 is 5.54 Å². The van der Waals surface area contributed by atoms with Crippen molar-refractivity contribution in [3.63, 3.8) is 0 Å². The van der Waals surface area contributed by atoms with Crippen molar-refractivity contribution in [3.8, 4) is 0 Å². The second kappa shape index (κ2) is 6.50. The van der Waals surface area contributed by atoms with Crippen LogP contribution in [0.1, 0.15) is 33.1 Å². The number of piperidine rings is 1. The first kappa shape index (κ1) is 15.4. The van der Waals surface area contributed by atoms with Crippen LogP contribution in [0, 0.1) is 0 Å². The van der Waals surface area contributed by atoms with Crippen molar-refractivity contribution in [2.75, 3.05) is 27.3 Å². The lowest BCUT2D eigenvalue weighted by Gasteiger charge is -2.38. The van der Waals surface area contributed by atoms with Crippen LogP contribution < -0.4 is 5.73 Å². The van der Waals surface area contributed by atoms with Crippen molar-refractivity contribution in [2.45, 2.75) is 50.8 Å². The summed E-state index contributed by atoms with van der Waals surface area (Å²) < 4.78 is 10.1. The van der Waals surface area contributed by atoms with E-state index in [9.17, 15) is 4.79 Å². The second-order valence-corrected chi connectivity index (χ2v) is 5.43. The molecule has 18 heavy (non-hydrogen) atoms. The first-order valence-corrected chi connectivity index (χ1v) is 6.55. The molecule has 0 spiro atoms. The Labute approximate surface area is 110 Å². The number of hydrogen-bond acceptors (Lipinski definition) is 5. The number of likely N-dealkylation sites (tertiary alicyclic amines) is 1. The van der Waals surface area contributed by atoms with E-state index in [-0.39, 0.29) is 5.97 Å². The number of carbonyl (C=O) groups excluding carboxylic acids is 1. The summed E-state index contributed by atoms with van der Waals surface area (Å²) in [6.07, 6.45) is 3.05. The van der Waals surface area contributed by atoms with Crippen LogP contribution >= 0.6 is 0 Å². The van der Waals surface area contributed by atoms with Crippen LogP contribution in [-0.4, -0.2) is 55.9 Å². The molecule has 1 aliphatic heterocycles. The highest BCUT2D eigenvalue weighted by Crippen LogP contribution is 2.20. The molecule has 3 unspecified atom stereocenters. The number of nitrogens with zero attached hydrogens (tertiary/aromatic N) is 1. The molecule has 1 fully saturated rings. The van der Waals surface area contributed by atoms with E-state index in [0.717, 1.165) is 25.9 Å². The predicted octanol–water partition coefficient (Wildman–Crippen LogP) is 0.766. The molecular formula is C13H26N2O3. The highest BCUT2D eigenvalue weighted by Gasteiger charge is 2.32. The lowest BCUT2D eigenvalue weighted by atomic mass is 9.96. The zero-order valence-corrected chi connectivity index (χ0v) is 11.9. The number of carbonyl (C=O) groups is 1. The number of ether oxygens (including phenoxy) is 2. The molecule has 0 amide bonds. The third-order valence-corrected chi connectivity index (χ3v) is 3.87. The summed E-state index contributed by atoms with van der Waals surface area (Å²) in [6, 6.07) is 0.470. The van der Waals surface area contributed by atoms with E-state index in [1.165, 1.54) is 7.11 Å². The van der Waals surface area contributed by atoms with Gasteiger partial charge in [-0.15, -0.1) is 0 Å². The highest BCUT2D eigenvalue weighted by molar-refractivity contribution is 5.79. The van der Waals surface area contributed by atoms with Gasteiger partial charge in [0.15, 0.2) is 0 Å². The fraction of sp³-hybridized carbons (Fsp3) is 0.923. The minimum atomic E-state index is -0.896. The lowest BCUT2D eigenvalue weighted by molar-refractivity contribution is -0.146. The van der Waals surface area contributed by atoms with Crippen molar-refractivity contribution in [2.24, 2.45) is 5.73 Å². The molecule has 1 rings (SSSR count). The molecule has 0 aromatic carbocycles. The topological polar surface area (TPSA) is 64.8 Å². The molecule has 0 aromatic heterocycles. The standard InChI is InChI=1S/C13H26N2O3/c1-10-9-11(17-3)5-7-15(10)8-6-13(2,14)12(16)18-4/h10-11H,5-9,14H2,1-4H3. The van der Waals surface area contributed by atoms with Gasteiger partial charge in [-0.25, -0.2) is 0 Å². The monoisotopic (exact) mass is 258 g/mol. The molecule has 1 saturated heterocycles. The molecule has 0 radical (unpaired) electrons. The van der Waals surface area contributed by atoms with E-state index in [4.69, 9.17) is 15.2 Å². The van der Waals surface area contributed by atoms with Crippen LogP contribution in [-0.2, 0) is 14.3 Å². The summed E-state index contributed by atoms with van der Waals surface area (Å²) in [5.41, 5.74) is 5.06. The third kappa shape index (κ3) is 3.93. The van der Waals surface area contributed by atoms with E-state index in [2.05, 4.69) is 11.8 Å². The van der Waals surface area contributed by atoms with Crippen LogP contribution in [0.25, 0.3) is 0 Å². The molecular weight excluding hydrogens is 232 g/mol. The van der Waals surface area contributed by atoms with E-state index in [0.29, 0.717) is 18.6 Å². The third-order valence-electron chi connectivity index (χ3n) is 3.87. The van der Waals surface area contributed by atoms with Gasteiger partial charge >= 0.3 is 5.97 Å². The minimum absolute atomic E-state index is 0.345. The largest absolute Gasteiger partial charge is 0.468 e. The van der Waals surface area contributed by atoms with Crippen LogP contribution in [0.15, 0.2) is 0 Å². The van der Waals surface area contributed by atoms with Gasteiger partial charge in [-0.2, -0.15) is 0 Å². The predicted molar refractivity (Wildman–Crippen MR) is 70.3 cm³/mol. The van der Waals surface area contributed by atoms with E-state index in [1.54, 1.807) is 14.0 Å². The van der Waals surface area contributed by atoms with Crippen LogP contribution in [0.3, 0.4) is 0 Å². The Morgan fingerprint density at radius 3 is 2.67 bits per heavy atom. The zero-order valence-electron chi connectivity index (χ0n) is 11.9. The number of nitrogens with two attached hydrogens (primary N) is 1. The van der Waals surface area contributed by atoms with Gasteiger partial charge in [0, 0.05) is 26.2 Å². The van der Waals surface area contributed by atoms with Crippen molar-refractivity contribution < 1.29 is 14.3 Å². The van der Waals surface area contributed by atoms with E-state index in [1.807, 2.05) is 0 Å². The first-order chi connectivity index (χ1) is 8.40. The molecule has 0 aliphatic carbocycles. The summed E-state index contributed by atoms with van der Waals surface area (Å²) in [7, 11) is 3.14. The Balaban J connectivity index is 2.42. The average molecular weight is 258 g/mol. The zero-order chi connectivity index (χ0) is 13.8. The Morgan fingerprint density at radius 1 is 1.50 bits per heavy atom. The molecule has 1 heterocycles. The SMILES string of the molecule is COC(=O)C(C)(N)CCN1CCC(OC)CC1C. The maximum Gasteiger partial charge on any atom is 0.325 e. The number of hydrogen-bond donors (Lipinski definition) is 1. The maximum absolute atomic E-state index is 11.5. The van der Waals surface area contributed by atoms with Crippen molar-refractivity contribution in [3.05, 3.63) is 0 Å². The van der Waals surface area contributed by atoms with Gasteiger partial charge in [0.05, 0.1) is 13.2 Å². The first-order valence-electron chi connectivity index (χ1n) is 6.55. The van der Waals surface area contributed by atoms with Crippen molar-refractivity contribution in [1.82, 2.24) is 4.90 Å². The van der Waals surface area contributed by atoms with Crippen LogP contribution in [0.2, 0.25) is 0 Å². The highest BCUT2D eigenvalue weighted by atomic mass is 16.5. The summed E-state index contributed by atoms with van der Waals surface area (Å²) in [5.74, 6) is -0.345. The Kier molecular flexibility index (Phi) is 5.56. The van der Waals surface area contributed by atoms with E-state index >= 15 is 0 Å². The molecule has 3 atom stereocenters. The summed E-state index contributed by atoms with van der Waals surface area (Å²) in [5, 5.41) is 0. The van der Waals surface area contributed by atoms with Gasteiger partial charge in [-0.05, 0) is 33.1 Å². The Morgan fingerprint density at radius 2 is 2.17 bits per heavy atom. The van der Waals surface area contributed by atoms with Gasteiger partial charge in [-0.1, -0.05) is 0 Å². The average Bonchev–Trinajstić information content (AvgIpc) is 2.36. The molecule has 0 aromatic rings. The Bertz CT molecular complexity index is 281. The summed E-state index contributed by atoms with van der Waals surface area (Å²) in [6.45, 7) is 5.74. The normalized spacial score (nSPS) is 28.7. The fourth-order valence-corrected chi connectivity index (χ4v) is 2.43. The van der Waals surface area contributed by atoms with Gasteiger partial charge in [0.25, 0.3) is 0 Å². The van der Waals surface area contributed by atoms with Gasteiger partial charge in [0.2, 0.25) is 0 Å². The molecule has 0 bridgehead atoms. The van der Waals surface area contributed by atoms with Crippen LogP contribution in [0.5, 0.6) is 0 Å². The molecule has 1 aliphatic rings. The number of rotatable bonds is 5. The second-order valence-electron chi connectivity index (χ2n) is 5.43.